The van der Waals surface area contributed by atoms with Gasteiger partial charge in [-0.25, -0.2) is 4.98 Å². The Morgan fingerprint density at radius 1 is 0.909 bits per heavy atom. The van der Waals surface area contributed by atoms with Gasteiger partial charge in [0.25, 0.3) is 0 Å². The largest absolute Gasteiger partial charge is 0.493 e. The highest BCUT2D eigenvalue weighted by molar-refractivity contribution is 5.86. The molecule has 1 atom stereocenters. The van der Waals surface area contributed by atoms with Crippen molar-refractivity contribution in [2.45, 2.75) is 94.4 Å². The molecule has 1 unspecified atom stereocenters. The maximum atomic E-state index is 12.2. The molecule has 3 fully saturated rings. The number of piperidine rings is 1. The topological polar surface area (TPSA) is 132 Å². The number of imidazole rings is 1. The average molecular weight is 650 g/mol. The lowest BCUT2D eigenvalue weighted by atomic mass is 9.92. The second-order valence-electron chi connectivity index (χ2n) is 12.1. The summed E-state index contributed by atoms with van der Waals surface area (Å²) in [5.41, 5.74) is 8.79. The van der Waals surface area contributed by atoms with Crippen molar-refractivity contribution in [3.8, 4) is 11.5 Å². The van der Waals surface area contributed by atoms with E-state index >= 15 is 0 Å². The molecule has 242 valence electrons. The number of ether oxygens (including phenoxy) is 2. The van der Waals surface area contributed by atoms with Gasteiger partial charge in [-0.2, -0.15) is 9.97 Å². The third kappa shape index (κ3) is 7.33. The number of rotatable bonds is 10. The number of hydrogen-bond acceptors (Lipinski definition) is 10. The highest BCUT2D eigenvalue weighted by Crippen LogP contribution is 2.35. The predicted molar refractivity (Wildman–Crippen MR) is 178 cm³/mol. The van der Waals surface area contributed by atoms with Crippen molar-refractivity contribution in [3.63, 3.8) is 0 Å². The molecule has 6 rings (SSSR count). The molecular weight excluding hydrogens is 603 g/mol. The summed E-state index contributed by atoms with van der Waals surface area (Å²) in [7, 11) is 3.23. The van der Waals surface area contributed by atoms with E-state index < -0.39 is 0 Å². The van der Waals surface area contributed by atoms with Crippen molar-refractivity contribution >= 4 is 54.0 Å². The number of hydrogen-bond donors (Lipinski definition) is 3. The molecule has 0 bridgehead atoms. The number of anilines is 2. The third-order valence-electron chi connectivity index (χ3n) is 9.39. The molecule has 44 heavy (non-hydrogen) atoms. The fourth-order valence-corrected chi connectivity index (χ4v) is 6.91. The molecule has 2 aliphatic carbocycles. The summed E-state index contributed by atoms with van der Waals surface area (Å²) < 4.78 is 13.1. The molecule has 1 saturated heterocycles. The quantitative estimate of drug-likeness (QED) is 0.249. The van der Waals surface area contributed by atoms with Crippen LogP contribution in [0.25, 0.3) is 11.2 Å². The first kappa shape index (κ1) is 34.0. The van der Waals surface area contributed by atoms with E-state index in [-0.39, 0.29) is 36.9 Å². The summed E-state index contributed by atoms with van der Waals surface area (Å²) in [5.74, 6) is 2.74. The van der Waals surface area contributed by atoms with Crippen molar-refractivity contribution in [1.82, 2.24) is 24.4 Å². The maximum absolute atomic E-state index is 12.2. The predicted octanol–water partition coefficient (Wildman–Crippen LogP) is 5.30. The number of nitrogens with zero attached hydrogens (tertiary/aromatic N) is 5. The van der Waals surface area contributed by atoms with Gasteiger partial charge in [0.05, 0.1) is 26.6 Å². The maximum Gasteiger partial charge on any atom is 0.227 e. The molecule has 3 aromatic rings. The van der Waals surface area contributed by atoms with E-state index in [4.69, 9.17) is 30.2 Å². The van der Waals surface area contributed by atoms with Gasteiger partial charge in [-0.05, 0) is 69.1 Å². The lowest BCUT2D eigenvalue weighted by molar-refractivity contribution is -0.113. The molecule has 0 spiro atoms. The van der Waals surface area contributed by atoms with Crippen LogP contribution in [0.4, 0.5) is 11.8 Å². The van der Waals surface area contributed by atoms with Gasteiger partial charge in [-0.3, -0.25) is 4.90 Å². The van der Waals surface area contributed by atoms with Crippen LogP contribution in [0.5, 0.6) is 11.5 Å². The molecular formula is C31H46Cl2N8O3. The first-order valence-corrected chi connectivity index (χ1v) is 15.5. The lowest BCUT2D eigenvalue weighted by Gasteiger charge is -2.36. The third-order valence-corrected chi connectivity index (χ3v) is 9.39. The fourth-order valence-electron chi connectivity index (χ4n) is 6.91. The summed E-state index contributed by atoms with van der Waals surface area (Å²) in [5, 5.41) is 7.34. The Balaban J connectivity index is 0.00000221. The van der Waals surface area contributed by atoms with Crippen LogP contribution < -0.4 is 25.8 Å². The number of fused-ring (bicyclic) bond motifs is 1. The van der Waals surface area contributed by atoms with Crippen molar-refractivity contribution in [2.75, 3.05) is 37.9 Å². The van der Waals surface area contributed by atoms with Gasteiger partial charge in [0.15, 0.2) is 28.5 Å². The minimum Gasteiger partial charge on any atom is -0.493 e. The van der Waals surface area contributed by atoms with Gasteiger partial charge in [0, 0.05) is 37.3 Å². The van der Waals surface area contributed by atoms with Gasteiger partial charge in [-0.15, -0.1) is 24.8 Å². The van der Waals surface area contributed by atoms with E-state index in [2.05, 4.69) is 20.1 Å². The summed E-state index contributed by atoms with van der Waals surface area (Å²) >= 11 is 0. The first-order valence-electron chi connectivity index (χ1n) is 15.5. The molecule has 3 aliphatic rings. The van der Waals surface area contributed by atoms with E-state index in [1.807, 2.05) is 24.5 Å². The standard InChI is InChI=1S/C31H44N8O3.2ClH/c1-41-26-12-7-20(17-27(26)42-2)25(18-40)38-15-13-23(14-16-38)34-29-28-30(39(19-33-28)24-5-3-4-6-24)37-31(36-29)35-22-10-8-21(32)9-11-22;;/h7,12,17-19,21-25H,3-6,8-11,13-16,32H2,1-2H3,(H2,34,35,36,37);2*1H. The molecule has 3 heterocycles. The number of halogens is 2. The van der Waals surface area contributed by atoms with Crippen LogP contribution in [0, 0.1) is 0 Å². The molecule has 0 radical (unpaired) electrons. The smallest absolute Gasteiger partial charge is 0.227 e. The summed E-state index contributed by atoms with van der Waals surface area (Å²) in [6.45, 7) is 1.57. The molecule has 2 aromatic heterocycles. The molecule has 4 N–H and O–H groups in total. The fraction of sp³-hybridized carbons (Fsp3) is 0.613. The molecule has 0 amide bonds. The zero-order valence-electron chi connectivity index (χ0n) is 25.6. The van der Waals surface area contributed by atoms with Crippen LogP contribution >= 0.6 is 24.8 Å². The Morgan fingerprint density at radius 2 is 1.59 bits per heavy atom. The van der Waals surface area contributed by atoms with Crippen LogP contribution in [0.1, 0.15) is 81.9 Å². The van der Waals surface area contributed by atoms with E-state index in [1.54, 1.807) is 14.2 Å². The van der Waals surface area contributed by atoms with Gasteiger partial charge in [-0.1, -0.05) is 18.9 Å². The Hall–Kier alpha value is -2.86. The number of nitrogens with two attached hydrogens (primary N) is 1. The minimum atomic E-state index is -0.335. The monoisotopic (exact) mass is 648 g/mol. The number of nitrogens with one attached hydrogen (secondary N) is 2. The summed E-state index contributed by atoms with van der Waals surface area (Å²) in [4.78, 5) is 29.2. The Kier molecular flexibility index (Phi) is 11.9. The second-order valence-corrected chi connectivity index (χ2v) is 12.1. The van der Waals surface area contributed by atoms with Crippen LogP contribution in [-0.2, 0) is 4.79 Å². The van der Waals surface area contributed by atoms with Gasteiger partial charge >= 0.3 is 0 Å². The van der Waals surface area contributed by atoms with Crippen molar-refractivity contribution in [1.29, 1.82) is 0 Å². The van der Waals surface area contributed by atoms with Gasteiger partial charge < -0.3 is 35.2 Å². The average Bonchev–Trinajstić information content (AvgIpc) is 3.70. The van der Waals surface area contributed by atoms with E-state index in [9.17, 15) is 4.79 Å². The number of carbonyl (C=O) groups excluding carboxylic acids is 1. The number of likely N-dealkylation sites (tertiary alicyclic amines) is 1. The van der Waals surface area contributed by atoms with Gasteiger partial charge in [0.1, 0.15) is 6.29 Å². The van der Waals surface area contributed by atoms with E-state index in [0.29, 0.717) is 35.6 Å². The second kappa shape index (κ2) is 15.4. The molecule has 2 saturated carbocycles. The SMILES string of the molecule is COc1ccc(C(C=O)N2CCC(Nc3nc(NC4CCC(N)CC4)nc4c3ncn4C3CCCC3)CC2)cc1OC.Cl.Cl. The summed E-state index contributed by atoms with van der Waals surface area (Å²) in [6, 6.07) is 6.65. The number of methoxy groups -OCH3 is 2. The highest BCUT2D eigenvalue weighted by Gasteiger charge is 2.29. The van der Waals surface area contributed by atoms with Crippen molar-refractivity contribution < 1.29 is 14.3 Å². The van der Waals surface area contributed by atoms with Crippen molar-refractivity contribution in [2.24, 2.45) is 5.73 Å². The molecule has 13 heteroatoms. The van der Waals surface area contributed by atoms with Gasteiger partial charge in [0.2, 0.25) is 5.95 Å². The molecule has 1 aliphatic heterocycles. The number of aldehydes is 1. The normalized spacial score (nSPS) is 22.1. The molecule has 1 aromatic carbocycles. The number of carbonyl (C=O) groups is 1. The first-order chi connectivity index (χ1) is 20.6. The van der Waals surface area contributed by atoms with Crippen LogP contribution in [0.2, 0.25) is 0 Å². The Bertz CT molecular complexity index is 1370. The van der Waals surface area contributed by atoms with Crippen LogP contribution in [0.3, 0.4) is 0 Å². The van der Waals surface area contributed by atoms with E-state index in [1.165, 1.54) is 12.8 Å². The molecule has 11 nitrogen and oxygen atoms in total. The summed E-state index contributed by atoms with van der Waals surface area (Å²) in [6.07, 6.45) is 13.7. The van der Waals surface area contributed by atoms with Crippen LogP contribution in [-0.4, -0.2) is 76.1 Å². The zero-order chi connectivity index (χ0) is 29.1. The minimum absolute atomic E-state index is 0. The highest BCUT2D eigenvalue weighted by atomic mass is 35.5. The zero-order valence-corrected chi connectivity index (χ0v) is 27.2. The van der Waals surface area contributed by atoms with E-state index in [0.717, 1.165) is 93.3 Å². The number of benzene rings is 1. The van der Waals surface area contributed by atoms with Crippen molar-refractivity contribution in [3.05, 3.63) is 30.1 Å². The Morgan fingerprint density at radius 3 is 2.25 bits per heavy atom. The Labute approximate surface area is 271 Å². The lowest BCUT2D eigenvalue weighted by Crippen LogP contribution is -2.41. The number of aromatic nitrogens is 4. The van der Waals surface area contributed by atoms with Crippen LogP contribution in [0.15, 0.2) is 24.5 Å².